The number of carbonyl (C=O) groups excluding carboxylic acids is 1. The predicted octanol–water partition coefficient (Wildman–Crippen LogP) is 2.85. The molecule has 0 radical (unpaired) electrons. The fraction of sp³-hybridized carbons (Fsp3) is 0.857. The Labute approximate surface area is 161 Å². The minimum atomic E-state index is -0.410. The van der Waals surface area contributed by atoms with Crippen molar-refractivity contribution in [3.63, 3.8) is 0 Å². The molecule has 2 saturated heterocycles. The Morgan fingerprint density at radius 2 is 1.78 bits per heavy atom. The Bertz CT molecular complexity index is 611. The Hall–Kier alpha value is -0.950. The molecular formula is C21H32O6. The van der Waals surface area contributed by atoms with Crippen molar-refractivity contribution in [3.8, 4) is 0 Å². The van der Waals surface area contributed by atoms with Crippen molar-refractivity contribution in [3.05, 3.63) is 12.2 Å². The molecule has 6 heteroatoms. The van der Waals surface area contributed by atoms with Crippen molar-refractivity contribution >= 4 is 5.97 Å². The molecule has 7 unspecified atom stereocenters. The zero-order chi connectivity index (χ0) is 19.4. The molecule has 0 aromatic carbocycles. The number of carbonyl (C=O) groups is 1. The molecule has 4 rings (SSSR count). The van der Waals surface area contributed by atoms with Crippen LogP contribution in [-0.2, 0) is 28.5 Å². The average molecular weight is 380 g/mol. The summed E-state index contributed by atoms with van der Waals surface area (Å²) < 4.78 is 29.3. The maximum absolute atomic E-state index is 11.8. The van der Waals surface area contributed by atoms with Crippen LogP contribution in [0.15, 0.2) is 12.2 Å². The van der Waals surface area contributed by atoms with E-state index in [4.69, 9.17) is 23.7 Å². The molecule has 2 saturated carbocycles. The van der Waals surface area contributed by atoms with Crippen LogP contribution >= 0.6 is 0 Å². The van der Waals surface area contributed by atoms with Gasteiger partial charge < -0.3 is 23.7 Å². The normalized spacial score (nSPS) is 44.4. The Morgan fingerprint density at radius 1 is 1.11 bits per heavy atom. The second-order valence-corrected chi connectivity index (χ2v) is 9.60. The second kappa shape index (κ2) is 6.83. The highest BCUT2D eigenvalue weighted by atomic mass is 16.7. The van der Waals surface area contributed by atoms with Crippen molar-refractivity contribution in [2.45, 2.75) is 77.5 Å². The summed E-state index contributed by atoms with van der Waals surface area (Å²) in [7, 11) is 0. The molecule has 2 heterocycles. The molecule has 4 fully saturated rings. The average Bonchev–Trinajstić information content (AvgIpc) is 3.31. The summed E-state index contributed by atoms with van der Waals surface area (Å²) in [5, 5.41) is 0. The maximum atomic E-state index is 11.8. The Morgan fingerprint density at radius 3 is 2.41 bits per heavy atom. The van der Waals surface area contributed by atoms with E-state index in [0.717, 1.165) is 5.92 Å². The maximum Gasteiger partial charge on any atom is 0.333 e. The number of fused-ring (bicyclic) bond motifs is 3. The SMILES string of the molecule is C=C(C)C(=O)OC1COC2C(OCOC3C4(C)CCC(C4)C3(C)C)COC12. The van der Waals surface area contributed by atoms with E-state index in [1.54, 1.807) is 6.92 Å². The van der Waals surface area contributed by atoms with Gasteiger partial charge in [0.05, 0.1) is 19.3 Å². The molecule has 2 aliphatic heterocycles. The van der Waals surface area contributed by atoms with Crippen LogP contribution < -0.4 is 0 Å². The van der Waals surface area contributed by atoms with Crippen LogP contribution in [0.3, 0.4) is 0 Å². The third-order valence-corrected chi connectivity index (χ3v) is 7.22. The lowest BCUT2D eigenvalue weighted by molar-refractivity contribution is -0.184. The molecule has 27 heavy (non-hydrogen) atoms. The zero-order valence-electron chi connectivity index (χ0n) is 16.9. The van der Waals surface area contributed by atoms with Crippen LogP contribution in [-0.4, -0.2) is 56.5 Å². The summed E-state index contributed by atoms with van der Waals surface area (Å²) in [6.45, 7) is 13.2. The number of ether oxygens (including phenoxy) is 5. The van der Waals surface area contributed by atoms with Gasteiger partial charge in [-0.2, -0.15) is 0 Å². The minimum absolute atomic E-state index is 0.191. The zero-order valence-corrected chi connectivity index (χ0v) is 16.9. The summed E-state index contributed by atoms with van der Waals surface area (Å²) in [6, 6.07) is 0. The first-order valence-electron chi connectivity index (χ1n) is 10.1. The summed E-state index contributed by atoms with van der Waals surface area (Å²) in [5.41, 5.74) is 0.828. The first-order valence-corrected chi connectivity index (χ1v) is 10.1. The molecule has 0 N–H and O–H groups in total. The van der Waals surface area contributed by atoms with Crippen LogP contribution in [0.1, 0.15) is 47.0 Å². The molecular weight excluding hydrogens is 348 g/mol. The first-order chi connectivity index (χ1) is 12.7. The van der Waals surface area contributed by atoms with E-state index in [1.807, 2.05) is 0 Å². The van der Waals surface area contributed by atoms with Gasteiger partial charge in [0.25, 0.3) is 0 Å². The number of rotatable bonds is 6. The third kappa shape index (κ3) is 3.24. The van der Waals surface area contributed by atoms with Gasteiger partial charge in [-0.15, -0.1) is 0 Å². The monoisotopic (exact) mass is 380 g/mol. The largest absolute Gasteiger partial charge is 0.454 e. The molecule has 2 bridgehead atoms. The van der Waals surface area contributed by atoms with Gasteiger partial charge in [-0.25, -0.2) is 4.79 Å². The van der Waals surface area contributed by atoms with Gasteiger partial charge in [-0.05, 0) is 42.9 Å². The highest BCUT2D eigenvalue weighted by Crippen LogP contribution is 2.63. The summed E-state index contributed by atoms with van der Waals surface area (Å²) in [6.07, 6.45) is 2.91. The van der Waals surface area contributed by atoms with Gasteiger partial charge >= 0.3 is 5.97 Å². The lowest BCUT2D eigenvalue weighted by Crippen LogP contribution is -2.43. The number of esters is 1. The molecule has 7 atom stereocenters. The van der Waals surface area contributed by atoms with Gasteiger partial charge in [0.2, 0.25) is 0 Å². The van der Waals surface area contributed by atoms with Crippen molar-refractivity contribution in [1.29, 1.82) is 0 Å². The molecule has 6 nitrogen and oxygen atoms in total. The lowest BCUT2D eigenvalue weighted by Gasteiger charge is -2.42. The minimum Gasteiger partial charge on any atom is -0.454 e. The van der Waals surface area contributed by atoms with E-state index in [9.17, 15) is 4.79 Å². The van der Waals surface area contributed by atoms with Gasteiger partial charge in [0.1, 0.15) is 25.1 Å². The smallest absolute Gasteiger partial charge is 0.333 e. The van der Waals surface area contributed by atoms with Crippen LogP contribution in [0, 0.1) is 16.7 Å². The van der Waals surface area contributed by atoms with Gasteiger partial charge in [-0.3, -0.25) is 0 Å². The van der Waals surface area contributed by atoms with Crippen molar-refractivity contribution in [2.75, 3.05) is 20.0 Å². The Balaban J connectivity index is 1.28. The van der Waals surface area contributed by atoms with E-state index in [1.165, 1.54) is 19.3 Å². The highest BCUT2D eigenvalue weighted by molar-refractivity contribution is 5.87. The Kier molecular flexibility index (Phi) is 4.90. The molecule has 0 aromatic rings. The predicted molar refractivity (Wildman–Crippen MR) is 98.0 cm³/mol. The number of hydrogen-bond donors (Lipinski definition) is 0. The van der Waals surface area contributed by atoms with E-state index in [2.05, 4.69) is 27.4 Å². The summed E-state index contributed by atoms with van der Waals surface area (Å²) >= 11 is 0. The molecule has 0 amide bonds. The quantitative estimate of drug-likeness (QED) is 0.401. The molecule has 0 aromatic heterocycles. The van der Waals surface area contributed by atoms with E-state index in [0.29, 0.717) is 18.8 Å². The number of hydrogen-bond acceptors (Lipinski definition) is 6. The first kappa shape index (κ1) is 19.4. The third-order valence-electron chi connectivity index (χ3n) is 7.22. The van der Waals surface area contributed by atoms with E-state index >= 15 is 0 Å². The van der Waals surface area contributed by atoms with Crippen LogP contribution in [0.2, 0.25) is 0 Å². The van der Waals surface area contributed by atoms with Gasteiger partial charge in [0, 0.05) is 5.57 Å². The van der Waals surface area contributed by atoms with Gasteiger partial charge in [-0.1, -0.05) is 27.4 Å². The van der Waals surface area contributed by atoms with Crippen LogP contribution in [0.5, 0.6) is 0 Å². The standard InChI is InChI=1S/C21H32O6/c1-12(2)18(22)27-15-10-24-16-14(9-23-17(15)16)25-11-26-19-20(3,4)13-6-7-21(19,5)8-13/h13-17,19H,1,6-11H2,2-5H3. The van der Waals surface area contributed by atoms with Crippen LogP contribution in [0.25, 0.3) is 0 Å². The molecule has 4 aliphatic rings. The van der Waals surface area contributed by atoms with Crippen molar-refractivity contribution < 1.29 is 28.5 Å². The summed E-state index contributed by atoms with van der Waals surface area (Å²) in [4.78, 5) is 11.8. The lowest BCUT2D eigenvalue weighted by atomic mass is 9.70. The second-order valence-electron chi connectivity index (χ2n) is 9.60. The fourth-order valence-corrected chi connectivity index (χ4v) is 5.78. The molecule has 2 aliphatic carbocycles. The van der Waals surface area contributed by atoms with Crippen molar-refractivity contribution in [1.82, 2.24) is 0 Å². The van der Waals surface area contributed by atoms with E-state index < -0.39 is 12.1 Å². The van der Waals surface area contributed by atoms with Crippen LogP contribution in [0.4, 0.5) is 0 Å². The topological polar surface area (TPSA) is 63.2 Å². The highest BCUT2D eigenvalue weighted by Gasteiger charge is 2.60. The van der Waals surface area contributed by atoms with Gasteiger partial charge in [0.15, 0.2) is 6.10 Å². The fourth-order valence-electron chi connectivity index (χ4n) is 5.78. The summed E-state index contributed by atoms with van der Waals surface area (Å²) in [5.74, 6) is 0.334. The molecule has 152 valence electrons. The van der Waals surface area contributed by atoms with Crippen molar-refractivity contribution in [2.24, 2.45) is 16.7 Å². The van der Waals surface area contributed by atoms with E-state index in [-0.39, 0.29) is 42.0 Å². The molecule has 0 spiro atoms.